The first-order chi connectivity index (χ1) is 38.5. The minimum Gasteiger partial charge on any atom is -0.391 e. The van der Waals surface area contributed by atoms with Gasteiger partial charge >= 0.3 is 0 Å². The fourth-order valence-corrected chi connectivity index (χ4v) is 9.98. The van der Waals surface area contributed by atoms with E-state index in [9.17, 15) is 48.3 Å². The molecule has 82 heavy (non-hydrogen) atoms. The average Bonchev–Trinajstić information content (AvgIpc) is 3.58. The molecule has 10 atom stereocenters. The molecule has 0 bridgehead atoms. The molecule has 456 valence electrons. The zero-order valence-corrected chi connectivity index (χ0v) is 51.6. The first-order valence-corrected chi connectivity index (χ1v) is 29.0. The smallest absolute Gasteiger partial charge is 0.248 e. The Bertz CT molecular complexity index is 2470. The quantitative estimate of drug-likeness (QED) is 0.0922. The third-order valence-electron chi connectivity index (χ3n) is 16.1. The lowest BCUT2D eigenvalue weighted by molar-refractivity contribution is -0.153. The van der Waals surface area contributed by atoms with Gasteiger partial charge in [-0.15, -0.1) is 0 Å². The molecule has 1 heterocycles. The summed E-state index contributed by atoms with van der Waals surface area (Å²) in [4.78, 5) is 150. The molecule has 21 heteroatoms. The van der Waals surface area contributed by atoms with Crippen LogP contribution in [0.4, 0.5) is 0 Å². The second-order valence-corrected chi connectivity index (χ2v) is 23.2. The summed E-state index contributed by atoms with van der Waals surface area (Å²) in [5.74, 6) is -6.19. The minimum atomic E-state index is -1.65. The van der Waals surface area contributed by atoms with E-state index in [1.54, 1.807) is 73.3 Å². The van der Waals surface area contributed by atoms with Crippen LogP contribution in [0.5, 0.6) is 0 Å². The van der Waals surface area contributed by atoms with E-state index >= 15 is 4.79 Å². The van der Waals surface area contributed by atoms with Crippen LogP contribution < -0.4 is 16.0 Å². The van der Waals surface area contributed by atoms with Crippen molar-refractivity contribution in [2.24, 2.45) is 17.8 Å². The van der Waals surface area contributed by atoms with Gasteiger partial charge in [-0.2, -0.15) is 0 Å². The highest BCUT2D eigenvalue weighted by Gasteiger charge is 2.43. The van der Waals surface area contributed by atoms with Crippen molar-refractivity contribution in [1.82, 2.24) is 50.2 Å². The Morgan fingerprint density at radius 2 is 0.939 bits per heavy atom. The maximum absolute atomic E-state index is 15.2. The van der Waals surface area contributed by atoms with Gasteiger partial charge in [0, 0.05) is 75.1 Å². The highest BCUT2D eigenvalue weighted by Crippen LogP contribution is 2.22. The number of piperidine rings is 1. The van der Waals surface area contributed by atoms with Crippen molar-refractivity contribution >= 4 is 59.1 Å². The Hall–Kier alpha value is -6.90. The summed E-state index contributed by atoms with van der Waals surface area (Å²) in [6.07, 6.45) is 2.19. The lowest BCUT2D eigenvalue weighted by atomic mass is 9.95. The van der Waals surface area contributed by atoms with Crippen LogP contribution in [0.15, 0.2) is 60.7 Å². The fourth-order valence-electron chi connectivity index (χ4n) is 9.98. The number of carbonyl (C=O) groups is 10. The van der Waals surface area contributed by atoms with Gasteiger partial charge in [0.2, 0.25) is 59.1 Å². The van der Waals surface area contributed by atoms with Gasteiger partial charge in [-0.1, -0.05) is 109 Å². The van der Waals surface area contributed by atoms with E-state index in [1.807, 2.05) is 40.7 Å². The first-order valence-electron chi connectivity index (χ1n) is 29.0. The molecule has 0 aromatic heterocycles. The second kappa shape index (κ2) is 32.7. The van der Waals surface area contributed by atoms with Crippen LogP contribution in [-0.4, -0.2) is 215 Å². The normalized spacial score (nSPS) is 16.1. The molecule has 3 rings (SSSR count). The average molecular weight is 1150 g/mol. The number of nitrogens with zero attached hydrogens (tertiary/aromatic N) is 7. The summed E-state index contributed by atoms with van der Waals surface area (Å²) < 4.78 is 0. The molecule has 4 N–H and O–H groups in total. The van der Waals surface area contributed by atoms with E-state index in [4.69, 9.17) is 0 Å². The molecule has 2 aromatic rings. The molecule has 1 fully saturated rings. The van der Waals surface area contributed by atoms with Gasteiger partial charge in [0.15, 0.2) is 0 Å². The number of amides is 10. The lowest BCUT2D eigenvalue weighted by Gasteiger charge is -2.38. The topological polar surface area (TPSA) is 250 Å². The molecular weight excluding hydrogens is 1050 g/mol. The van der Waals surface area contributed by atoms with Crippen molar-refractivity contribution in [2.75, 3.05) is 61.9 Å². The predicted octanol–water partition coefficient (Wildman–Crippen LogP) is 3.11. The number of hydrogen-bond acceptors (Lipinski definition) is 11. The third kappa shape index (κ3) is 19.4. The van der Waals surface area contributed by atoms with E-state index < -0.39 is 108 Å². The Labute approximate surface area is 487 Å². The zero-order valence-electron chi connectivity index (χ0n) is 51.6. The van der Waals surface area contributed by atoms with Crippen LogP contribution in [0.2, 0.25) is 0 Å². The van der Waals surface area contributed by atoms with Gasteiger partial charge in [-0.25, -0.2) is 0 Å². The highest BCUT2D eigenvalue weighted by molar-refractivity contribution is 5.98. The number of likely N-dealkylation sites (tertiary alicyclic amines) is 1. The molecule has 10 amide bonds. The molecule has 0 aliphatic carbocycles. The van der Waals surface area contributed by atoms with Gasteiger partial charge in [-0.3, -0.25) is 47.9 Å². The van der Waals surface area contributed by atoms with E-state index in [2.05, 4.69) is 16.0 Å². The summed E-state index contributed by atoms with van der Waals surface area (Å²) in [6, 6.07) is 8.29. The van der Waals surface area contributed by atoms with Crippen molar-refractivity contribution in [3.05, 3.63) is 71.8 Å². The molecule has 21 nitrogen and oxygen atoms in total. The Morgan fingerprint density at radius 1 is 0.500 bits per heavy atom. The molecule has 0 unspecified atom stereocenters. The van der Waals surface area contributed by atoms with E-state index in [0.717, 1.165) is 24.2 Å². The van der Waals surface area contributed by atoms with Gasteiger partial charge in [0.1, 0.15) is 48.3 Å². The number of benzene rings is 2. The largest absolute Gasteiger partial charge is 0.391 e. The monoisotopic (exact) mass is 1140 g/mol. The van der Waals surface area contributed by atoms with Crippen molar-refractivity contribution in [1.29, 1.82) is 0 Å². The molecule has 0 spiro atoms. The SMILES string of the molecule is CC[C@H](C)[C@H](NC(=O)[C@H](C)N(C)C(C)=O)C(=O)N(C)[C@@H](Cc1ccccc1)C(=O)N(C)[C@@H](Cc1ccccc1)C(=O)N[C@H](C(=O)N(C)[C@@H](C)C(=O)N(C)[C@@H](CC(C)C)C(=O)N(C)[C@@H](CC(C)C)C(=O)NCC(=O)N1CCCCC1)[C@@H](C)O. The molecule has 1 aliphatic heterocycles. The number of aliphatic hydroxyl groups is 1. The number of aliphatic hydroxyl groups excluding tert-OH is 1. The number of rotatable bonds is 29. The van der Waals surface area contributed by atoms with E-state index in [0.29, 0.717) is 30.6 Å². The first kappa shape index (κ1) is 69.4. The van der Waals surface area contributed by atoms with Gasteiger partial charge in [0.25, 0.3) is 0 Å². The van der Waals surface area contributed by atoms with Crippen molar-refractivity contribution in [2.45, 2.75) is 175 Å². The summed E-state index contributed by atoms with van der Waals surface area (Å²) >= 11 is 0. The number of likely N-dealkylation sites (N-methyl/N-ethyl adjacent to an activating group) is 6. The summed E-state index contributed by atoms with van der Waals surface area (Å²) in [5, 5.41) is 19.5. The van der Waals surface area contributed by atoms with Crippen molar-refractivity contribution < 1.29 is 53.1 Å². The molecule has 0 radical (unpaired) electrons. The van der Waals surface area contributed by atoms with Crippen LogP contribution >= 0.6 is 0 Å². The van der Waals surface area contributed by atoms with Crippen LogP contribution in [0.3, 0.4) is 0 Å². The zero-order chi connectivity index (χ0) is 61.9. The molecule has 2 aromatic carbocycles. The van der Waals surface area contributed by atoms with Gasteiger partial charge in [0.05, 0.1) is 12.6 Å². The Morgan fingerprint density at radius 3 is 1.43 bits per heavy atom. The standard InChI is InChI=1S/C61H96N10O11/c1-17-40(6)52(63-54(75)41(7)65(11)44(10)73)60(81)70(16)50(36-46-29-23-19-24-30-46)59(80)68(14)48(35-45-27-21-18-22-28-45)56(77)64-53(43(9)72)61(82)66(12)42(8)57(78)69(15)49(34-39(4)5)58(79)67(13)47(33-38(2)3)55(76)62-37-51(74)71-31-25-20-26-32-71/h18-19,21-24,27-30,38-43,47-50,52-53,72H,17,20,25-26,31-37H2,1-16H3,(H,62,76)(H,63,75)(H,64,77)/t40-,41-,42-,43+,47-,48-,49-,50-,52-,53-/m0/s1. The number of nitrogens with one attached hydrogen (secondary N) is 3. The number of carbonyl (C=O) groups excluding carboxylic acids is 10. The van der Waals surface area contributed by atoms with E-state index in [1.165, 1.54) is 87.6 Å². The third-order valence-corrected chi connectivity index (χ3v) is 16.1. The Kier molecular flexibility index (Phi) is 27.6. The predicted molar refractivity (Wildman–Crippen MR) is 314 cm³/mol. The second-order valence-electron chi connectivity index (χ2n) is 23.2. The van der Waals surface area contributed by atoms with Gasteiger partial charge in [-0.05, 0) is 81.8 Å². The summed E-state index contributed by atoms with van der Waals surface area (Å²) in [7, 11) is 8.66. The Balaban J connectivity index is 1.97. The summed E-state index contributed by atoms with van der Waals surface area (Å²) in [5.41, 5.74) is 1.34. The van der Waals surface area contributed by atoms with Gasteiger partial charge < -0.3 is 55.4 Å². The number of hydrogen-bond donors (Lipinski definition) is 4. The molecular formula is C61H96N10O11. The lowest BCUT2D eigenvalue weighted by Crippen LogP contribution is -2.62. The van der Waals surface area contributed by atoms with Crippen LogP contribution in [0.25, 0.3) is 0 Å². The van der Waals surface area contributed by atoms with Crippen LogP contribution in [0, 0.1) is 17.8 Å². The minimum absolute atomic E-state index is 0.00537. The molecule has 1 saturated heterocycles. The van der Waals surface area contributed by atoms with Crippen molar-refractivity contribution in [3.8, 4) is 0 Å². The maximum Gasteiger partial charge on any atom is 0.248 e. The van der Waals surface area contributed by atoms with Crippen LogP contribution in [-0.2, 0) is 60.8 Å². The molecule has 1 aliphatic rings. The summed E-state index contributed by atoms with van der Waals surface area (Å²) in [6.45, 7) is 17.9. The van der Waals surface area contributed by atoms with E-state index in [-0.39, 0.29) is 55.9 Å². The van der Waals surface area contributed by atoms with Crippen LogP contribution in [0.1, 0.15) is 119 Å². The molecule has 0 saturated carbocycles. The fraction of sp³-hybridized carbons (Fsp3) is 0.639. The maximum atomic E-state index is 15.2. The highest BCUT2D eigenvalue weighted by atomic mass is 16.3. The van der Waals surface area contributed by atoms with Crippen molar-refractivity contribution in [3.63, 3.8) is 0 Å².